The quantitative estimate of drug-likeness (QED) is 0.614. The Kier molecular flexibility index (Phi) is 7.26. The molecule has 0 radical (unpaired) electrons. The molecular weight excluding hydrogens is 412 g/mol. The number of piperidine rings is 1. The highest BCUT2D eigenvalue weighted by Crippen LogP contribution is 2.29. The van der Waals surface area contributed by atoms with E-state index in [1.54, 1.807) is 12.0 Å². The molecule has 3 rings (SSSR count). The summed E-state index contributed by atoms with van der Waals surface area (Å²) in [5, 5.41) is 0. The summed E-state index contributed by atoms with van der Waals surface area (Å²) in [7, 11) is 1.67. The maximum absolute atomic E-state index is 12.9. The number of likely N-dealkylation sites (tertiary alicyclic amines) is 1. The van der Waals surface area contributed by atoms with E-state index in [4.69, 9.17) is 9.47 Å². The van der Waals surface area contributed by atoms with Gasteiger partial charge in [0.1, 0.15) is 0 Å². The highest BCUT2D eigenvalue weighted by molar-refractivity contribution is 9.10. The molecule has 2 fully saturated rings. The van der Waals surface area contributed by atoms with Gasteiger partial charge in [0.05, 0.1) is 19.1 Å². The van der Waals surface area contributed by atoms with E-state index in [2.05, 4.69) is 15.9 Å². The number of carbonyl (C=O) groups is 2. The zero-order chi connectivity index (χ0) is 19.2. The van der Waals surface area contributed by atoms with Gasteiger partial charge < -0.3 is 19.3 Å². The van der Waals surface area contributed by atoms with Crippen LogP contribution in [0.2, 0.25) is 0 Å². The molecule has 2 heterocycles. The summed E-state index contributed by atoms with van der Waals surface area (Å²) in [6.45, 7) is 3.92. The minimum Gasteiger partial charge on any atom is -0.382 e. The number of benzene rings is 1. The van der Waals surface area contributed by atoms with E-state index in [0.29, 0.717) is 32.1 Å². The molecule has 0 aromatic heterocycles. The summed E-state index contributed by atoms with van der Waals surface area (Å²) in [4.78, 5) is 29.0. The average molecular weight is 439 g/mol. The lowest BCUT2D eigenvalue weighted by Crippen LogP contribution is -2.43. The summed E-state index contributed by atoms with van der Waals surface area (Å²) in [5.74, 6) is 0.382. The van der Waals surface area contributed by atoms with Gasteiger partial charge in [0, 0.05) is 49.9 Å². The molecule has 2 aliphatic heterocycles. The van der Waals surface area contributed by atoms with Crippen molar-refractivity contribution >= 4 is 33.4 Å². The minimum atomic E-state index is -0.244. The Labute approximate surface area is 168 Å². The molecule has 0 spiro atoms. The Morgan fingerprint density at radius 3 is 2.74 bits per heavy atom. The normalized spacial score (nSPS) is 21.1. The second kappa shape index (κ2) is 9.66. The zero-order valence-electron chi connectivity index (χ0n) is 15.7. The molecule has 1 atom stereocenters. The average Bonchev–Trinajstić information content (AvgIpc) is 3.07. The van der Waals surface area contributed by atoms with Crippen molar-refractivity contribution in [1.82, 2.24) is 4.90 Å². The lowest BCUT2D eigenvalue weighted by Gasteiger charge is -2.33. The van der Waals surface area contributed by atoms with Crippen molar-refractivity contribution in [1.29, 1.82) is 0 Å². The second-order valence-electron chi connectivity index (χ2n) is 7.22. The zero-order valence-corrected chi connectivity index (χ0v) is 17.3. The summed E-state index contributed by atoms with van der Waals surface area (Å²) in [6.07, 6.45) is 2.20. The Morgan fingerprint density at radius 2 is 2.04 bits per heavy atom. The minimum absolute atomic E-state index is 0.0212. The molecule has 2 saturated heterocycles. The molecule has 148 valence electrons. The number of rotatable bonds is 7. The van der Waals surface area contributed by atoms with Crippen LogP contribution >= 0.6 is 15.9 Å². The number of anilines is 1. The van der Waals surface area contributed by atoms with E-state index < -0.39 is 0 Å². The predicted octanol–water partition coefficient (Wildman–Crippen LogP) is 2.70. The van der Waals surface area contributed by atoms with Crippen LogP contribution in [0.4, 0.5) is 5.69 Å². The lowest BCUT2D eigenvalue weighted by atomic mass is 9.96. The molecule has 1 unspecified atom stereocenters. The largest absolute Gasteiger partial charge is 0.382 e. The summed E-state index contributed by atoms with van der Waals surface area (Å²) < 4.78 is 11.5. The van der Waals surface area contributed by atoms with Crippen molar-refractivity contribution in [2.24, 2.45) is 11.8 Å². The number of halogens is 1. The van der Waals surface area contributed by atoms with Gasteiger partial charge in [-0.2, -0.15) is 0 Å². The molecule has 0 bridgehead atoms. The van der Waals surface area contributed by atoms with Gasteiger partial charge in [-0.05, 0) is 37.0 Å². The Bertz CT molecular complexity index is 661. The number of ether oxygens (including phenoxy) is 2. The number of carbonyl (C=O) groups excluding carboxylic acids is 2. The van der Waals surface area contributed by atoms with E-state index in [0.717, 1.165) is 42.7 Å². The first-order valence-electron chi connectivity index (χ1n) is 9.50. The summed E-state index contributed by atoms with van der Waals surface area (Å²) in [6, 6.07) is 7.65. The van der Waals surface area contributed by atoms with Crippen molar-refractivity contribution in [2.45, 2.75) is 19.3 Å². The third-order valence-corrected chi connectivity index (χ3v) is 5.80. The van der Waals surface area contributed by atoms with Crippen molar-refractivity contribution in [3.05, 3.63) is 28.7 Å². The number of hydrogen-bond donors (Lipinski definition) is 0. The van der Waals surface area contributed by atoms with Crippen LogP contribution in [0.5, 0.6) is 0 Å². The molecular formula is C20H27BrN2O4. The molecule has 7 heteroatoms. The van der Waals surface area contributed by atoms with Gasteiger partial charge in [-0.15, -0.1) is 0 Å². The van der Waals surface area contributed by atoms with E-state index in [-0.39, 0.29) is 17.7 Å². The van der Waals surface area contributed by atoms with Crippen LogP contribution in [0, 0.1) is 11.8 Å². The van der Waals surface area contributed by atoms with E-state index in [1.807, 2.05) is 29.2 Å². The van der Waals surface area contributed by atoms with Crippen LogP contribution in [0.3, 0.4) is 0 Å². The number of amides is 2. The lowest BCUT2D eigenvalue weighted by molar-refractivity contribution is -0.137. The van der Waals surface area contributed by atoms with Crippen LogP contribution in [0.15, 0.2) is 28.7 Å². The van der Waals surface area contributed by atoms with Crippen molar-refractivity contribution in [3.8, 4) is 0 Å². The predicted molar refractivity (Wildman–Crippen MR) is 107 cm³/mol. The smallest absolute Gasteiger partial charge is 0.228 e. The molecule has 0 saturated carbocycles. The topological polar surface area (TPSA) is 59.1 Å². The molecule has 0 aliphatic carbocycles. The van der Waals surface area contributed by atoms with Gasteiger partial charge in [-0.25, -0.2) is 0 Å². The molecule has 1 aromatic rings. The van der Waals surface area contributed by atoms with Crippen LogP contribution < -0.4 is 4.90 Å². The fourth-order valence-corrected chi connectivity index (χ4v) is 4.12. The molecule has 2 amide bonds. The maximum atomic E-state index is 12.9. The van der Waals surface area contributed by atoms with E-state index in [9.17, 15) is 9.59 Å². The fraction of sp³-hybridized carbons (Fsp3) is 0.600. The first kappa shape index (κ1) is 20.3. The van der Waals surface area contributed by atoms with Crippen molar-refractivity contribution in [2.75, 3.05) is 51.5 Å². The Hall–Kier alpha value is -1.44. The standard InChI is InChI=1S/C20H27BrN2O4/c1-26-9-10-27-14-15-5-7-22(8-6-15)20(25)16-11-19(24)23(13-16)18-4-2-3-17(21)12-18/h2-4,12,15-16H,5-11,13-14H2,1H3. The van der Waals surface area contributed by atoms with Gasteiger partial charge in [0.2, 0.25) is 11.8 Å². The maximum Gasteiger partial charge on any atom is 0.228 e. The van der Waals surface area contributed by atoms with Gasteiger partial charge in [0.25, 0.3) is 0 Å². The van der Waals surface area contributed by atoms with Gasteiger partial charge in [-0.1, -0.05) is 22.0 Å². The van der Waals surface area contributed by atoms with Gasteiger partial charge in [-0.3, -0.25) is 9.59 Å². The summed E-state index contributed by atoms with van der Waals surface area (Å²) in [5.41, 5.74) is 0.844. The first-order valence-corrected chi connectivity index (χ1v) is 10.3. The third-order valence-electron chi connectivity index (χ3n) is 5.31. The fourth-order valence-electron chi connectivity index (χ4n) is 3.74. The van der Waals surface area contributed by atoms with Crippen LogP contribution in [0.25, 0.3) is 0 Å². The van der Waals surface area contributed by atoms with Crippen molar-refractivity contribution < 1.29 is 19.1 Å². The number of nitrogens with zero attached hydrogens (tertiary/aromatic N) is 2. The highest BCUT2D eigenvalue weighted by Gasteiger charge is 2.38. The number of hydrogen-bond acceptors (Lipinski definition) is 4. The Balaban J connectivity index is 1.48. The summed E-state index contributed by atoms with van der Waals surface area (Å²) >= 11 is 3.44. The first-order chi connectivity index (χ1) is 13.1. The molecule has 0 N–H and O–H groups in total. The van der Waals surface area contributed by atoms with E-state index >= 15 is 0 Å². The van der Waals surface area contributed by atoms with Crippen molar-refractivity contribution in [3.63, 3.8) is 0 Å². The van der Waals surface area contributed by atoms with E-state index in [1.165, 1.54) is 0 Å². The molecule has 6 nitrogen and oxygen atoms in total. The SMILES string of the molecule is COCCOCC1CCN(C(=O)C2CC(=O)N(c3cccc(Br)c3)C2)CC1. The Morgan fingerprint density at radius 1 is 1.26 bits per heavy atom. The van der Waals surface area contributed by atoms with Gasteiger partial charge in [0.15, 0.2) is 0 Å². The van der Waals surface area contributed by atoms with Crippen LogP contribution in [-0.2, 0) is 19.1 Å². The molecule has 1 aromatic carbocycles. The van der Waals surface area contributed by atoms with Gasteiger partial charge >= 0.3 is 0 Å². The molecule has 27 heavy (non-hydrogen) atoms. The van der Waals surface area contributed by atoms with Crippen LogP contribution in [-0.4, -0.2) is 63.3 Å². The highest BCUT2D eigenvalue weighted by atomic mass is 79.9. The monoisotopic (exact) mass is 438 g/mol. The van der Waals surface area contributed by atoms with Crippen LogP contribution in [0.1, 0.15) is 19.3 Å². The number of methoxy groups -OCH3 is 1. The third kappa shape index (κ3) is 5.30. The molecule has 2 aliphatic rings. The second-order valence-corrected chi connectivity index (χ2v) is 8.14.